The lowest BCUT2D eigenvalue weighted by molar-refractivity contribution is 0.0932. The number of hydrogen-bond acceptors (Lipinski definition) is 3. The Labute approximate surface area is 195 Å². The first kappa shape index (κ1) is 24.7. The predicted octanol–water partition coefficient (Wildman–Crippen LogP) is 5.86. The Morgan fingerprint density at radius 1 is 0.935 bits per heavy atom. The van der Waals surface area contributed by atoms with Crippen molar-refractivity contribution >= 4 is 29.9 Å². The first-order valence-electron chi connectivity index (χ1n) is 9.92. The SMILES string of the molecule is COc1ccc(-c2ccc(C(=O)NC(CCN(C)C)c3ccc(Cl)cc3)cc2)cc1.Cl. The molecule has 3 aromatic rings. The molecule has 0 fully saturated rings. The molecule has 6 heteroatoms. The van der Waals surface area contributed by atoms with Crippen LogP contribution in [0.2, 0.25) is 5.02 Å². The number of amides is 1. The molecule has 3 rings (SSSR count). The summed E-state index contributed by atoms with van der Waals surface area (Å²) in [6.45, 7) is 0.865. The third kappa shape index (κ3) is 7.00. The van der Waals surface area contributed by atoms with Gasteiger partial charge in [-0.25, -0.2) is 0 Å². The van der Waals surface area contributed by atoms with Crippen LogP contribution in [-0.4, -0.2) is 38.6 Å². The quantitative estimate of drug-likeness (QED) is 0.459. The summed E-state index contributed by atoms with van der Waals surface area (Å²) < 4.78 is 5.21. The van der Waals surface area contributed by atoms with Crippen molar-refractivity contribution in [1.29, 1.82) is 0 Å². The van der Waals surface area contributed by atoms with Gasteiger partial charge in [-0.1, -0.05) is 48.0 Å². The fourth-order valence-corrected chi connectivity index (χ4v) is 3.37. The number of nitrogens with one attached hydrogen (secondary N) is 1. The standard InChI is InChI=1S/C25H27ClN2O2.ClH/c1-28(2)17-16-24(20-8-12-22(26)13-9-20)27-25(29)21-6-4-18(5-7-21)19-10-14-23(30-3)15-11-19;/h4-15,24H,16-17H2,1-3H3,(H,27,29);1H. The third-order valence-corrected chi connectivity index (χ3v) is 5.27. The smallest absolute Gasteiger partial charge is 0.251 e. The van der Waals surface area contributed by atoms with E-state index in [4.69, 9.17) is 16.3 Å². The molecule has 0 aliphatic rings. The summed E-state index contributed by atoms with van der Waals surface area (Å²) in [5.74, 6) is 0.732. The molecule has 0 saturated heterocycles. The number of halogens is 2. The average Bonchev–Trinajstić information content (AvgIpc) is 2.77. The highest BCUT2D eigenvalue weighted by Crippen LogP contribution is 2.24. The van der Waals surface area contributed by atoms with Gasteiger partial charge in [0, 0.05) is 10.6 Å². The van der Waals surface area contributed by atoms with E-state index in [0.717, 1.165) is 35.4 Å². The zero-order valence-corrected chi connectivity index (χ0v) is 19.5. The Bertz CT molecular complexity index is 956. The van der Waals surface area contributed by atoms with Gasteiger partial charge in [0.05, 0.1) is 13.2 Å². The summed E-state index contributed by atoms with van der Waals surface area (Å²) in [4.78, 5) is 15.0. The molecule has 0 aromatic heterocycles. The molecule has 1 unspecified atom stereocenters. The number of ether oxygens (including phenoxy) is 1. The Kier molecular flexibility index (Phi) is 9.38. The highest BCUT2D eigenvalue weighted by molar-refractivity contribution is 6.30. The third-order valence-electron chi connectivity index (χ3n) is 5.01. The summed E-state index contributed by atoms with van der Waals surface area (Å²) in [6.07, 6.45) is 0.810. The van der Waals surface area contributed by atoms with Crippen molar-refractivity contribution in [2.24, 2.45) is 0 Å². The van der Waals surface area contributed by atoms with E-state index in [-0.39, 0.29) is 24.4 Å². The molecule has 1 atom stereocenters. The second-order valence-corrected chi connectivity index (χ2v) is 7.91. The van der Waals surface area contributed by atoms with Gasteiger partial charge in [0.15, 0.2) is 0 Å². The second-order valence-electron chi connectivity index (χ2n) is 7.48. The zero-order chi connectivity index (χ0) is 21.5. The Balaban J connectivity index is 0.00000341. The minimum absolute atomic E-state index is 0. The molecule has 1 N–H and O–H groups in total. The van der Waals surface area contributed by atoms with E-state index in [9.17, 15) is 4.79 Å². The Morgan fingerprint density at radius 3 is 2.00 bits per heavy atom. The van der Waals surface area contributed by atoms with E-state index in [1.165, 1.54) is 0 Å². The summed E-state index contributed by atoms with van der Waals surface area (Å²) >= 11 is 6.03. The number of benzene rings is 3. The lowest BCUT2D eigenvalue weighted by atomic mass is 10.0. The summed E-state index contributed by atoms with van der Waals surface area (Å²) in [5, 5.41) is 3.86. The van der Waals surface area contributed by atoms with Crippen LogP contribution in [0.25, 0.3) is 11.1 Å². The van der Waals surface area contributed by atoms with Crippen LogP contribution in [0.4, 0.5) is 0 Å². The van der Waals surface area contributed by atoms with Gasteiger partial charge < -0.3 is 15.0 Å². The molecule has 0 aliphatic heterocycles. The van der Waals surface area contributed by atoms with Crippen molar-refractivity contribution in [2.45, 2.75) is 12.5 Å². The van der Waals surface area contributed by atoms with Gasteiger partial charge in [-0.3, -0.25) is 4.79 Å². The van der Waals surface area contributed by atoms with Crippen LogP contribution in [0.15, 0.2) is 72.8 Å². The summed E-state index contributed by atoms with van der Waals surface area (Å²) in [6, 6.07) is 23.1. The molecule has 31 heavy (non-hydrogen) atoms. The van der Waals surface area contributed by atoms with Crippen molar-refractivity contribution in [2.75, 3.05) is 27.7 Å². The van der Waals surface area contributed by atoms with Crippen molar-refractivity contribution in [3.8, 4) is 16.9 Å². The Morgan fingerprint density at radius 2 is 1.48 bits per heavy atom. The van der Waals surface area contributed by atoms with Gasteiger partial charge in [0.2, 0.25) is 0 Å². The maximum atomic E-state index is 12.9. The van der Waals surface area contributed by atoms with Gasteiger partial charge >= 0.3 is 0 Å². The van der Waals surface area contributed by atoms with Crippen molar-refractivity contribution in [3.63, 3.8) is 0 Å². The normalized spacial score (nSPS) is 11.5. The number of hydrogen-bond donors (Lipinski definition) is 1. The first-order valence-corrected chi connectivity index (χ1v) is 10.3. The van der Waals surface area contributed by atoms with Gasteiger partial charge in [-0.2, -0.15) is 0 Å². The second kappa shape index (κ2) is 11.8. The topological polar surface area (TPSA) is 41.6 Å². The number of methoxy groups -OCH3 is 1. The average molecular weight is 459 g/mol. The maximum Gasteiger partial charge on any atom is 0.251 e. The zero-order valence-electron chi connectivity index (χ0n) is 18.0. The van der Waals surface area contributed by atoms with Crippen molar-refractivity contribution < 1.29 is 9.53 Å². The fourth-order valence-electron chi connectivity index (χ4n) is 3.24. The van der Waals surface area contributed by atoms with Crippen molar-refractivity contribution in [1.82, 2.24) is 10.2 Å². The molecule has 0 heterocycles. The van der Waals surface area contributed by atoms with E-state index in [1.54, 1.807) is 7.11 Å². The fraction of sp³-hybridized carbons (Fsp3) is 0.240. The molecular formula is C25H28Cl2N2O2. The van der Waals surface area contributed by atoms with Crippen LogP contribution in [0.1, 0.15) is 28.4 Å². The van der Waals surface area contributed by atoms with E-state index in [2.05, 4.69) is 10.2 Å². The van der Waals surface area contributed by atoms with Gasteiger partial charge in [0.1, 0.15) is 5.75 Å². The monoisotopic (exact) mass is 458 g/mol. The molecule has 164 valence electrons. The van der Waals surface area contributed by atoms with E-state index < -0.39 is 0 Å². The number of rotatable bonds is 8. The van der Waals surface area contributed by atoms with Crippen LogP contribution in [0.5, 0.6) is 5.75 Å². The minimum Gasteiger partial charge on any atom is -0.497 e. The Hall–Kier alpha value is -2.53. The van der Waals surface area contributed by atoms with Crippen LogP contribution in [0, 0.1) is 0 Å². The van der Waals surface area contributed by atoms with Crippen LogP contribution >= 0.6 is 24.0 Å². The minimum atomic E-state index is -0.0880. The first-order chi connectivity index (χ1) is 14.5. The molecule has 3 aromatic carbocycles. The predicted molar refractivity (Wildman–Crippen MR) is 131 cm³/mol. The molecule has 0 aliphatic carbocycles. The van der Waals surface area contributed by atoms with Crippen LogP contribution < -0.4 is 10.1 Å². The molecule has 0 bridgehead atoms. The molecule has 0 saturated carbocycles. The molecule has 4 nitrogen and oxygen atoms in total. The van der Waals surface area contributed by atoms with Crippen LogP contribution in [-0.2, 0) is 0 Å². The van der Waals surface area contributed by atoms with E-state index in [0.29, 0.717) is 10.6 Å². The summed E-state index contributed by atoms with van der Waals surface area (Å²) in [7, 11) is 5.70. The molecule has 0 spiro atoms. The largest absolute Gasteiger partial charge is 0.497 e. The van der Waals surface area contributed by atoms with Crippen molar-refractivity contribution in [3.05, 3.63) is 88.9 Å². The lowest BCUT2D eigenvalue weighted by Gasteiger charge is -2.21. The number of carbonyl (C=O) groups excluding carboxylic acids is 1. The molecule has 1 amide bonds. The van der Waals surface area contributed by atoms with Gasteiger partial charge in [-0.05, 0) is 80.1 Å². The van der Waals surface area contributed by atoms with E-state index >= 15 is 0 Å². The molecule has 0 radical (unpaired) electrons. The van der Waals surface area contributed by atoms with Gasteiger partial charge in [0.25, 0.3) is 5.91 Å². The molecular weight excluding hydrogens is 431 g/mol. The highest BCUT2D eigenvalue weighted by Gasteiger charge is 2.16. The number of carbonyl (C=O) groups is 1. The highest BCUT2D eigenvalue weighted by atomic mass is 35.5. The maximum absolute atomic E-state index is 12.9. The van der Waals surface area contributed by atoms with Gasteiger partial charge in [-0.15, -0.1) is 12.4 Å². The van der Waals surface area contributed by atoms with Crippen LogP contribution in [0.3, 0.4) is 0 Å². The summed E-state index contributed by atoms with van der Waals surface area (Å²) in [5.41, 5.74) is 3.81. The lowest BCUT2D eigenvalue weighted by Crippen LogP contribution is -2.31. The van der Waals surface area contributed by atoms with E-state index in [1.807, 2.05) is 86.9 Å². The number of nitrogens with zero attached hydrogens (tertiary/aromatic N) is 1.